The first kappa shape index (κ1) is 21.6. The fourth-order valence-corrected chi connectivity index (χ4v) is 2.67. The average molecular weight is 421 g/mol. The SMILES string of the molecule is CN(CCOc1ccc(OCc2ccccc2)c(C(=O)Nc2cccnc2)c1)C(=O)O. The van der Waals surface area contributed by atoms with Crippen molar-refractivity contribution in [2.45, 2.75) is 6.61 Å². The van der Waals surface area contributed by atoms with E-state index < -0.39 is 6.09 Å². The standard InChI is InChI=1S/C23H23N3O5/c1-26(23(28)29)12-13-30-19-9-10-21(31-16-17-6-3-2-4-7-17)20(14-19)22(27)25-18-8-5-11-24-15-18/h2-11,14-15H,12-13,16H2,1H3,(H,25,27)(H,28,29). The van der Waals surface area contributed by atoms with E-state index in [1.54, 1.807) is 42.7 Å². The molecule has 3 rings (SSSR count). The molecule has 160 valence electrons. The molecule has 2 amide bonds. The van der Waals surface area contributed by atoms with E-state index in [1.807, 2.05) is 30.3 Å². The van der Waals surface area contributed by atoms with Crippen LogP contribution in [0.5, 0.6) is 11.5 Å². The number of carboxylic acid groups (broad SMARTS) is 1. The zero-order chi connectivity index (χ0) is 22.1. The van der Waals surface area contributed by atoms with Gasteiger partial charge >= 0.3 is 6.09 Å². The molecule has 0 aliphatic heterocycles. The van der Waals surface area contributed by atoms with Gasteiger partial charge < -0.3 is 24.8 Å². The van der Waals surface area contributed by atoms with Gasteiger partial charge in [0.1, 0.15) is 24.7 Å². The van der Waals surface area contributed by atoms with Crippen LogP contribution in [-0.4, -0.2) is 47.2 Å². The number of carbonyl (C=O) groups excluding carboxylic acids is 1. The number of likely N-dealkylation sites (N-methyl/N-ethyl adjacent to an activating group) is 1. The molecule has 8 heteroatoms. The Balaban J connectivity index is 1.76. The van der Waals surface area contributed by atoms with E-state index in [4.69, 9.17) is 14.6 Å². The van der Waals surface area contributed by atoms with Gasteiger partial charge in [-0.05, 0) is 35.9 Å². The molecular formula is C23H23N3O5. The quantitative estimate of drug-likeness (QED) is 0.543. The summed E-state index contributed by atoms with van der Waals surface area (Å²) in [5, 5.41) is 11.7. The average Bonchev–Trinajstić information content (AvgIpc) is 2.79. The van der Waals surface area contributed by atoms with E-state index in [0.29, 0.717) is 29.4 Å². The lowest BCUT2D eigenvalue weighted by Crippen LogP contribution is -2.29. The highest BCUT2D eigenvalue weighted by Crippen LogP contribution is 2.26. The van der Waals surface area contributed by atoms with Crippen molar-refractivity contribution in [3.05, 3.63) is 84.2 Å². The van der Waals surface area contributed by atoms with Crippen molar-refractivity contribution >= 4 is 17.7 Å². The Bertz CT molecular complexity index is 1010. The number of pyridine rings is 1. The van der Waals surface area contributed by atoms with Gasteiger partial charge in [-0.15, -0.1) is 0 Å². The fraction of sp³-hybridized carbons (Fsp3) is 0.174. The van der Waals surface area contributed by atoms with Crippen molar-refractivity contribution in [1.29, 1.82) is 0 Å². The molecule has 0 saturated heterocycles. The van der Waals surface area contributed by atoms with Crippen LogP contribution in [0.15, 0.2) is 73.1 Å². The summed E-state index contributed by atoms with van der Waals surface area (Å²) >= 11 is 0. The van der Waals surface area contributed by atoms with E-state index >= 15 is 0 Å². The summed E-state index contributed by atoms with van der Waals surface area (Å²) in [7, 11) is 1.46. The van der Waals surface area contributed by atoms with Gasteiger partial charge in [-0.25, -0.2) is 4.79 Å². The Hall–Kier alpha value is -4.07. The molecule has 31 heavy (non-hydrogen) atoms. The lowest BCUT2D eigenvalue weighted by Gasteiger charge is -2.16. The first-order valence-electron chi connectivity index (χ1n) is 9.62. The molecule has 8 nitrogen and oxygen atoms in total. The van der Waals surface area contributed by atoms with Crippen LogP contribution in [-0.2, 0) is 6.61 Å². The molecule has 2 aromatic carbocycles. The third-order valence-electron chi connectivity index (χ3n) is 4.37. The van der Waals surface area contributed by atoms with Gasteiger partial charge in [0.25, 0.3) is 5.91 Å². The minimum absolute atomic E-state index is 0.149. The zero-order valence-electron chi connectivity index (χ0n) is 17.0. The summed E-state index contributed by atoms with van der Waals surface area (Å²) in [5.41, 5.74) is 1.82. The zero-order valence-corrected chi connectivity index (χ0v) is 17.0. The van der Waals surface area contributed by atoms with Gasteiger partial charge in [-0.3, -0.25) is 9.78 Å². The summed E-state index contributed by atoms with van der Waals surface area (Å²) in [6, 6.07) is 18.0. The molecule has 0 aliphatic rings. The van der Waals surface area contributed by atoms with Gasteiger partial charge in [-0.1, -0.05) is 30.3 Å². The molecule has 0 fully saturated rings. The molecule has 0 unspecified atom stereocenters. The maximum Gasteiger partial charge on any atom is 0.407 e. The predicted octanol–water partition coefficient (Wildman–Crippen LogP) is 3.90. The highest BCUT2D eigenvalue weighted by Gasteiger charge is 2.16. The van der Waals surface area contributed by atoms with Crippen molar-refractivity contribution < 1.29 is 24.2 Å². The number of aromatic nitrogens is 1. The summed E-state index contributed by atoms with van der Waals surface area (Å²) in [5.74, 6) is 0.464. The van der Waals surface area contributed by atoms with E-state index in [2.05, 4.69) is 10.3 Å². The normalized spacial score (nSPS) is 10.2. The second-order valence-electron chi connectivity index (χ2n) is 6.68. The van der Waals surface area contributed by atoms with Crippen LogP contribution in [0.2, 0.25) is 0 Å². The smallest absolute Gasteiger partial charge is 0.407 e. The highest BCUT2D eigenvalue weighted by molar-refractivity contribution is 6.06. The summed E-state index contributed by atoms with van der Waals surface area (Å²) < 4.78 is 11.5. The topological polar surface area (TPSA) is 101 Å². The van der Waals surface area contributed by atoms with E-state index in [-0.39, 0.29) is 19.1 Å². The van der Waals surface area contributed by atoms with E-state index in [0.717, 1.165) is 10.5 Å². The minimum atomic E-state index is -1.04. The van der Waals surface area contributed by atoms with E-state index in [9.17, 15) is 9.59 Å². The Kier molecular flexibility index (Phi) is 7.42. The second-order valence-corrected chi connectivity index (χ2v) is 6.68. The van der Waals surface area contributed by atoms with Crippen LogP contribution in [0, 0.1) is 0 Å². The Morgan fingerprint density at radius 3 is 2.58 bits per heavy atom. The second kappa shape index (κ2) is 10.6. The van der Waals surface area contributed by atoms with E-state index in [1.165, 1.54) is 7.05 Å². The number of anilines is 1. The van der Waals surface area contributed by atoms with Gasteiger partial charge in [0, 0.05) is 13.2 Å². The monoisotopic (exact) mass is 421 g/mol. The van der Waals surface area contributed by atoms with Crippen LogP contribution in [0.25, 0.3) is 0 Å². The van der Waals surface area contributed by atoms with Crippen molar-refractivity contribution in [2.75, 3.05) is 25.5 Å². The number of nitrogens with zero attached hydrogens (tertiary/aromatic N) is 2. The van der Waals surface area contributed by atoms with Crippen molar-refractivity contribution in [1.82, 2.24) is 9.88 Å². The maximum atomic E-state index is 12.9. The summed E-state index contributed by atoms with van der Waals surface area (Å²) in [4.78, 5) is 28.9. The predicted molar refractivity (Wildman–Crippen MR) is 116 cm³/mol. The number of benzene rings is 2. The number of amides is 2. The van der Waals surface area contributed by atoms with Gasteiger partial charge in [0.05, 0.1) is 24.0 Å². The molecule has 0 aliphatic carbocycles. The summed E-state index contributed by atoms with van der Waals surface area (Å²) in [6.07, 6.45) is 2.13. The molecule has 2 N–H and O–H groups in total. The molecule has 0 radical (unpaired) electrons. The van der Waals surface area contributed by atoms with Gasteiger partial charge in [0.2, 0.25) is 0 Å². The van der Waals surface area contributed by atoms with Gasteiger partial charge in [0.15, 0.2) is 0 Å². The third kappa shape index (κ3) is 6.46. The minimum Gasteiger partial charge on any atom is -0.492 e. The molecule has 0 bridgehead atoms. The fourth-order valence-electron chi connectivity index (χ4n) is 2.67. The number of ether oxygens (including phenoxy) is 2. The number of nitrogens with one attached hydrogen (secondary N) is 1. The first-order valence-corrected chi connectivity index (χ1v) is 9.62. The highest BCUT2D eigenvalue weighted by atomic mass is 16.5. The molecule has 0 spiro atoms. The molecule has 3 aromatic rings. The maximum absolute atomic E-state index is 12.9. The molecule has 1 heterocycles. The number of hydrogen-bond acceptors (Lipinski definition) is 5. The Morgan fingerprint density at radius 2 is 1.87 bits per heavy atom. The molecule has 0 atom stereocenters. The first-order chi connectivity index (χ1) is 15.0. The van der Waals surface area contributed by atoms with Gasteiger partial charge in [-0.2, -0.15) is 0 Å². The van der Waals surface area contributed by atoms with Crippen molar-refractivity contribution in [3.8, 4) is 11.5 Å². The van der Waals surface area contributed by atoms with Crippen LogP contribution >= 0.6 is 0 Å². The van der Waals surface area contributed by atoms with Crippen LogP contribution in [0.4, 0.5) is 10.5 Å². The molecule has 0 saturated carbocycles. The Labute approximate surface area is 180 Å². The van der Waals surface area contributed by atoms with Crippen LogP contribution in [0.3, 0.4) is 0 Å². The Morgan fingerprint density at radius 1 is 1.06 bits per heavy atom. The molecule has 1 aromatic heterocycles. The number of carbonyl (C=O) groups is 2. The third-order valence-corrected chi connectivity index (χ3v) is 4.37. The van der Waals surface area contributed by atoms with Crippen molar-refractivity contribution in [2.24, 2.45) is 0 Å². The van der Waals surface area contributed by atoms with Crippen LogP contribution < -0.4 is 14.8 Å². The van der Waals surface area contributed by atoms with Crippen LogP contribution in [0.1, 0.15) is 15.9 Å². The largest absolute Gasteiger partial charge is 0.492 e. The lowest BCUT2D eigenvalue weighted by atomic mass is 10.1. The number of rotatable bonds is 9. The summed E-state index contributed by atoms with van der Waals surface area (Å²) in [6.45, 7) is 0.646. The molecular weight excluding hydrogens is 398 g/mol. The van der Waals surface area contributed by atoms with Crippen molar-refractivity contribution in [3.63, 3.8) is 0 Å². The number of hydrogen-bond donors (Lipinski definition) is 2. The lowest BCUT2D eigenvalue weighted by molar-refractivity contribution is 0.102.